The Morgan fingerprint density at radius 3 is 2.79 bits per heavy atom. The maximum Gasteiger partial charge on any atom is 0.258 e. The van der Waals surface area contributed by atoms with Crippen molar-refractivity contribution in [3.63, 3.8) is 0 Å². The van der Waals surface area contributed by atoms with Crippen molar-refractivity contribution in [3.05, 3.63) is 48.3 Å². The first-order valence-corrected chi connectivity index (χ1v) is 6.39. The Balaban J connectivity index is 2.02. The van der Waals surface area contributed by atoms with Crippen LogP contribution in [0.2, 0.25) is 0 Å². The van der Waals surface area contributed by atoms with E-state index >= 15 is 0 Å². The molecule has 4 heteroatoms. The number of aryl methyl sites for hydroxylation is 1. The summed E-state index contributed by atoms with van der Waals surface area (Å²) in [6.07, 6.45) is 1.62. The van der Waals surface area contributed by atoms with Gasteiger partial charge in [0.1, 0.15) is 0 Å². The Bertz CT molecular complexity index is 685. The Kier molecular flexibility index (Phi) is 3.25. The van der Waals surface area contributed by atoms with E-state index in [9.17, 15) is 0 Å². The van der Waals surface area contributed by atoms with Gasteiger partial charge in [-0.25, -0.2) is 0 Å². The number of nitrogens with zero attached hydrogens (tertiary/aromatic N) is 2. The first kappa shape index (κ1) is 11.9. The fraction of sp³-hybridized carbons (Fsp3) is 0.200. The molecule has 0 unspecified atom stereocenters. The van der Waals surface area contributed by atoms with E-state index in [4.69, 9.17) is 10.3 Å². The van der Waals surface area contributed by atoms with Crippen molar-refractivity contribution in [2.24, 2.45) is 5.73 Å². The lowest BCUT2D eigenvalue weighted by molar-refractivity contribution is 0.422. The zero-order valence-electron chi connectivity index (χ0n) is 10.5. The molecular weight excluding hydrogens is 238 g/mol. The van der Waals surface area contributed by atoms with Gasteiger partial charge >= 0.3 is 0 Å². The second kappa shape index (κ2) is 5.20. The van der Waals surface area contributed by atoms with Crippen LogP contribution >= 0.6 is 0 Å². The van der Waals surface area contributed by atoms with Crippen molar-refractivity contribution in [3.8, 4) is 11.5 Å². The van der Waals surface area contributed by atoms with Gasteiger partial charge in [0.25, 0.3) is 5.89 Å². The van der Waals surface area contributed by atoms with Crippen molar-refractivity contribution in [2.75, 3.05) is 6.54 Å². The first-order valence-electron chi connectivity index (χ1n) is 6.39. The second-order valence-electron chi connectivity index (χ2n) is 4.43. The Morgan fingerprint density at radius 1 is 1.05 bits per heavy atom. The van der Waals surface area contributed by atoms with Crippen LogP contribution in [0.15, 0.2) is 47.0 Å². The third-order valence-electron chi connectivity index (χ3n) is 3.09. The maximum atomic E-state index is 5.48. The van der Waals surface area contributed by atoms with Crippen molar-refractivity contribution in [1.29, 1.82) is 0 Å². The highest BCUT2D eigenvalue weighted by Gasteiger charge is 2.11. The van der Waals surface area contributed by atoms with Crippen molar-refractivity contribution in [2.45, 2.75) is 12.8 Å². The predicted octanol–water partition coefficient (Wildman–Crippen LogP) is 2.78. The summed E-state index contributed by atoms with van der Waals surface area (Å²) in [5.74, 6) is 1.29. The largest absolute Gasteiger partial charge is 0.334 e. The minimum Gasteiger partial charge on any atom is -0.334 e. The van der Waals surface area contributed by atoms with Crippen molar-refractivity contribution < 1.29 is 4.52 Å². The quantitative estimate of drug-likeness (QED) is 0.776. The van der Waals surface area contributed by atoms with Crippen molar-refractivity contribution in [1.82, 2.24) is 10.1 Å². The predicted molar refractivity (Wildman–Crippen MR) is 74.6 cm³/mol. The molecule has 0 fully saturated rings. The minimum atomic E-state index is 0.573. The number of aromatic nitrogens is 2. The molecule has 2 aromatic carbocycles. The fourth-order valence-corrected chi connectivity index (χ4v) is 2.14. The molecule has 1 heterocycles. The molecule has 0 bridgehead atoms. The van der Waals surface area contributed by atoms with Crippen LogP contribution in [0.1, 0.15) is 12.2 Å². The monoisotopic (exact) mass is 253 g/mol. The highest BCUT2D eigenvalue weighted by Crippen LogP contribution is 2.27. The second-order valence-corrected chi connectivity index (χ2v) is 4.43. The van der Waals surface area contributed by atoms with Gasteiger partial charge in [0.2, 0.25) is 0 Å². The molecule has 19 heavy (non-hydrogen) atoms. The van der Waals surface area contributed by atoms with E-state index in [1.165, 1.54) is 5.39 Å². The summed E-state index contributed by atoms with van der Waals surface area (Å²) in [6, 6.07) is 14.2. The standard InChI is InChI=1S/C15H15N3O/c16-10-4-9-14-17-15(19-18-14)13-8-3-6-11-5-1-2-7-12(11)13/h1-3,5-8H,4,9-10,16H2. The lowest BCUT2D eigenvalue weighted by atomic mass is 10.0. The Morgan fingerprint density at radius 2 is 1.89 bits per heavy atom. The van der Waals surface area contributed by atoms with E-state index in [-0.39, 0.29) is 0 Å². The third-order valence-corrected chi connectivity index (χ3v) is 3.09. The molecule has 0 radical (unpaired) electrons. The van der Waals surface area contributed by atoms with E-state index in [0.717, 1.165) is 23.8 Å². The summed E-state index contributed by atoms with van der Waals surface area (Å²) in [6.45, 7) is 0.637. The summed E-state index contributed by atoms with van der Waals surface area (Å²) >= 11 is 0. The SMILES string of the molecule is NCCCc1noc(-c2cccc3ccccc23)n1. The van der Waals surface area contributed by atoms with Crippen molar-refractivity contribution >= 4 is 10.8 Å². The van der Waals surface area contributed by atoms with E-state index in [2.05, 4.69) is 28.3 Å². The number of fused-ring (bicyclic) bond motifs is 1. The maximum absolute atomic E-state index is 5.48. The molecule has 1 aromatic heterocycles. The molecule has 0 aliphatic heterocycles. The van der Waals surface area contributed by atoms with Gasteiger partial charge in [0.05, 0.1) is 0 Å². The summed E-state index contributed by atoms with van der Waals surface area (Å²) in [5, 5.41) is 6.29. The van der Waals surface area contributed by atoms with E-state index in [1.54, 1.807) is 0 Å². The smallest absolute Gasteiger partial charge is 0.258 e. The zero-order chi connectivity index (χ0) is 13.1. The number of benzene rings is 2. The van der Waals surface area contributed by atoms with Crippen LogP contribution < -0.4 is 5.73 Å². The summed E-state index contributed by atoms with van der Waals surface area (Å²) < 4.78 is 5.35. The van der Waals surface area contributed by atoms with Crippen LogP contribution in [-0.2, 0) is 6.42 Å². The van der Waals surface area contributed by atoms with Crippen LogP contribution in [0.3, 0.4) is 0 Å². The minimum absolute atomic E-state index is 0.573. The number of hydrogen-bond acceptors (Lipinski definition) is 4. The zero-order valence-corrected chi connectivity index (χ0v) is 10.5. The fourth-order valence-electron chi connectivity index (χ4n) is 2.14. The van der Waals surface area contributed by atoms with Gasteiger partial charge in [0.15, 0.2) is 5.82 Å². The number of nitrogens with two attached hydrogens (primary N) is 1. The molecular formula is C15H15N3O. The van der Waals surface area contributed by atoms with E-state index in [1.807, 2.05) is 24.3 Å². The number of rotatable bonds is 4. The summed E-state index contributed by atoms with van der Waals surface area (Å²) in [4.78, 5) is 4.43. The Hall–Kier alpha value is -2.20. The molecule has 0 atom stereocenters. The van der Waals surface area contributed by atoms with Gasteiger partial charge < -0.3 is 10.3 Å². The van der Waals surface area contributed by atoms with Crippen LogP contribution in [0.25, 0.3) is 22.2 Å². The van der Waals surface area contributed by atoms with Gasteiger partial charge in [-0.1, -0.05) is 41.6 Å². The third kappa shape index (κ3) is 2.35. The lowest BCUT2D eigenvalue weighted by Crippen LogP contribution is -2.01. The number of hydrogen-bond donors (Lipinski definition) is 1. The Labute approximate surface area is 111 Å². The molecule has 0 amide bonds. The van der Waals surface area contributed by atoms with Crippen LogP contribution in [0, 0.1) is 0 Å². The molecule has 0 aliphatic rings. The molecule has 0 saturated carbocycles. The normalized spacial score (nSPS) is 11.0. The molecule has 0 spiro atoms. The van der Waals surface area contributed by atoms with Crippen LogP contribution in [-0.4, -0.2) is 16.7 Å². The van der Waals surface area contributed by atoms with Crippen LogP contribution in [0.4, 0.5) is 0 Å². The topological polar surface area (TPSA) is 64.9 Å². The first-order chi connectivity index (χ1) is 9.38. The van der Waals surface area contributed by atoms with E-state index in [0.29, 0.717) is 18.3 Å². The molecule has 3 rings (SSSR count). The molecule has 3 aromatic rings. The average molecular weight is 253 g/mol. The van der Waals surface area contributed by atoms with Gasteiger partial charge in [-0.15, -0.1) is 0 Å². The molecule has 4 nitrogen and oxygen atoms in total. The average Bonchev–Trinajstić information content (AvgIpc) is 2.93. The van der Waals surface area contributed by atoms with Gasteiger partial charge in [0, 0.05) is 12.0 Å². The van der Waals surface area contributed by atoms with Gasteiger partial charge in [-0.3, -0.25) is 0 Å². The molecule has 2 N–H and O–H groups in total. The molecule has 0 aliphatic carbocycles. The lowest BCUT2D eigenvalue weighted by Gasteiger charge is -2.01. The summed E-state index contributed by atoms with van der Waals surface area (Å²) in [7, 11) is 0. The highest BCUT2D eigenvalue weighted by molar-refractivity contribution is 5.94. The molecule has 0 saturated heterocycles. The molecule has 96 valence electrons. The van der Waals surface area contributed by atoms with Gasteiger partial charge in [-0.2, -0.15) is 4.98 Å². The van der Waals surface area contributed by atoms with Gasteiger partial charge in [-0.05, 0) is 29.8 Å². The van der Waals surface area contributed by atoms with Crippen LogP contribution in [0.5, 0.6) is 0 Å². The summed E-state index contributed by atoms with van der Waals surface area (Å²) in [5.41, 5.74) is 6.46. The highest BCUT2D eigenvalue weighted by atomic mass is 16.5. The van der Waals surface area contributed by atoms with E-state index < -0.39 is 0 Å².